The number of fused-ring (bicyclic) bond motifs is 1. The summed E-state index contributed by atoms with van der Waals surface area (Å²) in [5.74, 6) is -0.887. The summed E-state index contributed by atoms with van der Waals surface area (Å²) in [6.45, 7) is 1.62. The van der Waals surface area contributed by atoms with Gasteiger partial charge in [0.05, 0.1) is 16.9 Å². The molecule has 1 aromatic heterocycles. The van der Waals surface area contributed by atoms with Crippen LogP contribution in [-0.4, -0.2) is 32.2 Å². The van der Waals surface area contributed by atoms with Crippen molar-refractivity contribution in [3.05, 3.63) is 72.3 Å². The van der Waals surface area contributed by atoms with Crippen LogP contribution in [0.2, 0.25) is 0 Å². The number of esters is 1. The number of para-hydroxylation sites is 2. The smallest absolute Gasteiger partial charge is 0.339 e. The molecule has 1 unspecified atom stereocenters. The van der Waals surface area contributed by atoms with Gasteiger partial charge in [0, 0.05) is 6.42 Å². The largest absolute Gasteiger partial charge is 0.445 e. The van der Waals surface area contributed by atoms with Crippen molar-refractivity contribution in [1.82, 2.24) is 14.8 Å². The van der Waals surface area contributed by atoms with Crippen LogP contribution in [-0.2, 0) is 16.0 Å². The van der Waals surface area contributed by atoms with E-state index in [9.17, 15) is 9.59 Å². The number of nitrogens with one attached hydrogen (secondary N) is 1. The van der Waals surface area contributed by atoms with E-state index in [-0.39, 0.29) is 0 Å². The van der Waals surface area contributed by atoms with Crippen molar-refractivity contribution in [3.63, 3.8) is 0 Å². The highest BCUT2D eigenvalue weighted by atomic mass is 16.6. The molecule has 1 aliphatic rings. The number of cyclic esters (lactones) is 1. The molecule has 2 aromatic carbocycles. The highest BCUT2D eigenvalue weighted by Gasteiger charge is 2.42. The quantitative estimate of drug-likeness (QED) is 0.735. The molecule has 26 heavy (non-hydrogen) atoms. The number of benzene rings is 2. The third-order valence-corrected chi connectivity index (χ3v) is 4.38. The molecule has 0 bridgehead atoms. The van der Waals surface area contributed by atoms with Gasteiger partial charge in [0.2, 0.25) is 0 Å². The normalized spacial score (nSPS) is 18.7. The molecule has 1 amide bonds. The summed E-state index contributed by atoms with van der Waals surface area (Å²) < 4.78 is 7.03. The number of hydrogen-bond donors (Lipinski definition) is 1. The second-order valence-corrected chi connectivity index (χ2v) is 6.27. The molecule has 4 rings (SSSR count). The maximum Gasteiger partial charge on any atom is 0.339 e. The Morgan fingerprint density at radius 1 is 1.19 bits per heavy atom. The number of anilines is 1. The van der Waals surface area contributed by atoms with Gasteiger partial charge in [-0.2, -0.15) is 5.10 Å². The summed E-state index contributed by atoms with van der Waals surface area (Å²) in [6, 6.07) is 14.4. The van der Waals surface area contributed by atoms with Gasteiger partial charge in [-0.3, -0.25) is 4.79 Å². The van der Waals surface area contributed by atoms with E-state index in [1.807, 2.05) is 24.3 Å². The van der Waals surface area contributed by atoms with Crippen molar-refractivity contribution < 1.29 is 14.3 Å². The molecule has 1 atom stereocenters. The van der Waals surface area contributed by atoms with Crippen molar-refractivity contribution >= 4 is 17.6 Å². The van der Waals surface area contributed by atoms with Crippen LogP contribution in [0.25, 0.3) is 5.69 Å². The first kappa shape index (κ1) is 16.0. The van der Waals surface area contributed by atoms with Crippen LogP contribution in [0, 0.1) is 0 Å². The summed E-state index contributed by atoms with van der Waals surface area (Å²) in [7, 11) is 0. The zero-order valence-corrected chi connectivity index (χ0v) is 14.0. The lowest BCUT2D eigenvalue weighted by molar-refractivity contribution is -0.134. The van der Waals surface area contributed by atoms with Crippen molar-refractivity contribution in [3.8, 4) is 5.69 Å². The van der Waals surface area contributed by atoms with Gasteiger partial charge in [0.1, 0.15) is 12.7 Å². The standard InChI is InChI=1S/C19H16N4O3/c1-19(10-13-6-2-3-7-14(13)17(24)26-19)18(25)22-15-8-4-5-9-16(15)23-12-20-11-21-23/h2-9,11-12H,10H2,1H3,(H,22,25). The molecule has 2 heterocycles. The Morgan fingerprint density at radius 2 is 1.96 bits per heavy atom. The maximum atomic E-state index is 12.9. The fraction of sp³-hybridized carbons (Fsp3) is 0.158. The molecule has 0 fully saturated rings. The van der Waals surface area contributed by atoms with E-state index in [2.05, 4.69) is 15.4 Å². The molecule has 7 nitrogen and oxygen atoms in total. The van der Waals surface area contributed by atoms with Crippen LogP contribution < -0.4 is 5.32 Å². The number of carbonyl (C=O) groups excluding carboxylic acids is 2. The van der Waals surface area contributed by atoms with Gasteiger partial charge in [-0.25, -0.2) is 14.5 Å². The SMILES string of the molecule is CC1(C(=O)Nc2ccccc2-n2cncn2)Cc2ccccc2C(=O)O1. The fourth-order valence-corrected chi connectivity index (χ4v) is 3.03. The number of aromatic nitrogens is 3. The van der Waals surface area contributed by atoms with Gasteiger partial charge in [-0.15, -0.1) is 0 Å². The van der Waals surface area contributed by atoms with E-state index in [4.69, 9.17) is 4.74 Å². The summed E-state index contributed by atoms with van der Waals surface area (Å²) in [6.07, 6.45) is 3.27. The number of carbonyl (C=O) groups is 2. The fourth-order valence-electron chi connectivity index (χ4n) is 3.03. The van der Waals surface area contributed by atoms with Crippen molar-refractivity contribution in [1.29, 1.82) is 0 Å². The number of amides is 1. The summed E-state index contributed by atoms with van der Waals surface area (Å²) in [5.41, 5.74) is 1.23. The molecular weight excluding hydrogens is 332 g/mol. The number of rotatable bonds is 3. The Kier molecular flexibility index (Phi) is 3.76. The predicted octanol–water partition coefficient (Wildman–Crippen LogP) is 2.38. The summed E-state index contributed by atoms with van der Waals surface area (Å²) in [5, 5.41) is 6.95. The van der Waals surface area contributed by atoms with Gasteiger partial charge >= 0.3 is 5.97 Å². The number of nitrogens with zero attached hydrogens (tertiary/aromatic N) is 3. The average Bonchev–Trinajstić information content (AvgIpc) is 3.16. The van der Waals surface area contributed by atoms with E-state index >= 15 is 0 Å². The van der Waals surface area contributed by atoms with Crippen LogP contribution in [0.4, 0.5) is 5.69 Å². The van der Waals surface area contributed by atoms with Gasteiger partial charge in [-0.05, 0) is 30.7 Å². The molecule has 3 aromatic rings. The van der Waals surface area contributed by atoms with Gasteiger partial charge in [0.25, 0.3) is 5.91 Å². The summed E-state index contributed by atoms with van der Waals surface area (Å²) in [4.78, 5) is 29.1. The topological polar surface area (TPSA) is 86.1 Å². The Bertz CT molecular complexity index is 984. The highest BCUT2D eigenvalue weighted by molar-refractivity contribution is 6.03. The highest BCUT2D eigenvalue weighted by Crippen LogP contribution is 2.30. The first-order valence-electron chi connectivity index (χ1n) is 8.13. The van der Waals surface area contributed by atoms with Crippen LogP contribution in [0.1, 0.15) is 22.8 Å². The van der Waals surface area contributed by atoms with Crippen LogP contribution >= 0.6 is 0 Å². The third kappa shape index (κ3) is 2.73. The van der Waals surface area contributed by atoms with Gasteiger partial charge < -0.3 is 10.1 Å². The Hall–Kier alpha value is -3.48. The molecule has 0 aliphatic carbocycles. The second kappa shape index (κ2) is 6.11. The minimum atomic E-state index is -1.29. The van der Waals surface area contributed by atoms with E-state index in [0.29, 0.717) is 23.4 Å². The van der Waals surface area contributed by atoms with Crippen molar-refractivity contribution in [2.24, 2.45) is 0 Å². The zero-order chi connectivity index (χ0) is 18.1. The first-order chi connectivity index (χ1) is 12.6. The van der Waals surface area contributed by atoms with Crippen molar-refractivity contribution in [2.75, 3.05) is 5.32 Å². The molecule has 1 N–H and O–H groups in total. The molecule has 130 valence electrons. The van der Waals surface area contributed by atoms with Gasteiger partial charge in [0.15, 0.2) is 5.60 Å². The molecule has 7 heteroatoms. The van der Waals surface area contributed by atoms with Crippen LogP contribution in [0.5, 0.6) is 0 Å². The van der Waals surface area contributed by atoms with Crippen molar-refractivity contribution in [2.45, 2.75) is 18.9 Å². The molecular formula is C19H16N4O3. The average molecular weight is 348 g/mol. The first-order valence-corrected chi connectivity index (χ1v) is 8.13. The van der Waals surface area contributed by atoms with Crippen LogP contribution in [0.3, 0.4) is 0 Å². The van der Waals surface area contributed by atoms with E-state index < -0.39 is 17.5 Å². The molecule has 0 spiro atoms. The molecule has 0 saturated heterocycles. The lowest BCUT2D eigenvalue weighted by Gasteiger charge is -2.33. The second-order valence-electron chi connectivity index (χ2n) is 6.27. The Morgan fingerprint density at radius 3 is 2.77 bits per heavy atom. The Labute approximate surface area is 149 Å². The predicted molar refractivity (Wildman–Crippen MR) is 94.0 cm³/mol. The Balaban J connectivity index is 1.63. The summed E-state index contributed by atoms with van der Waals surface area (Å²) >= 11 is 0. The maximum absolute atomic E-state index is 12.9. The van der Waals surface area contributed by atoms with Crippen LogP contribution in [0.15, 0.2) is 61.2 Å². The molecule has 0 radical (unpaired) electrons. The van der Waals surface area contributed by atoms with E-state index in [1.165, 1.54) is 6.33 Å². The number of ether oxygens (including phenoxy) is 1. The number of hydrogen-bond acceptors (Lipinski definition) is 5. The minimum Gasteiger partial charge on any atom is -0.445 e. The zero-order valence-electron chi connectivity index (χ0n) is 14.0. The van der Waals surface area contributed by atoms with E-state index in [0.717, 1.165) is 5.56 Å². The minimum absolute atomic E-state index is 0.312. The molecule has 0 saturated carbocycles. The monoisotopic (exact) mass is 348 g/mol. The van der Waals surface area contributed by atoms with E-state index in [1.54, 1.807) is 42.2 Å². The van der Waals surface area contributed by atoms with Gasteiger partial charge in [-0.1, -0.05) is 30.3 Å². The lowest BCUT2D eigenvalue weighted by atomic mass is 9.89. The molecule has 1 aliphatic heterocycles. The lowest BCUT2D eigenvalue weighted by Crippen LogP contribution is -2.49. The third-order valence-electron chi connectivity index (χ3n) is 4.38.